The fourth-order valence-corrected chi connectivity index (χ4v) is 3.16. The Bertz CT molecular complexity index is 825. The van der Waals surface area contributed by atoms with Gasteiger partial charge in [0.05, 0.1) is 24.5 Å². The van der Waals surface area contributed by atoms with E-state index in [4.69, 9.17) is 10.5 Å². The number of nitrogens with zero attached hydrogens (tertiary/aromatic N) is 2. The van der Waals surface area contributed by atoms with E-state index >= 15 is 0 Å². The van der Waals surface area contributed by atoms with Crippen LogP contribution in [-0.4, -0.2) is 16.2 Å². The summed E-state index contributed by atoms with van der Waals surface area (Å²) in [6.45, 7) is 2.65. The molecular formula is C20H22BrN3O. The molecule has 0 unspecified atom stereocenters. The zero-order valence-corrected chi connectivity index (χ0v) is 16.0. The molecule has 0 fully saturated rings. The second-order valence-corrected chi connectivity index (χ2v) is 6.87. The first-order valence-corrected chi connectivity index (χ1v) is 9.12. The van der Waals surface area contributed by atoms with Gasteiger partial charge in [0.25, 0.3) is 0 Å². The largest absolute Gasteiger partial charge is 0.494 e. The van der Waals surface area contributed by atoms with Crippen LogP contribution >= 0.6 is 15.9 Å². The van der Waals surface area contributed by atoms with Gasteiger partial charge in [0.2, 0.25) is 0 Å². The molecule has 5 heteroatoms. The van der Waals surface area contributed by atoms with Crippen molar-refractivity contribution in [3.05, 3.63) is 70.6 Å². The van der Waals surface area contributed by atoms with Gasteiger partial charge in [-0.2, -0.15) is 0 Å². The third-order valence-electron chi connectivity index (χ3n) is 4.19. The van der Waals surface area contributed by atoms with Crippen molar-refractivity contribution in [2.24, 2.45) is 12.8 Å². The Morgan fingerprint density at radius 3 is 2.44 bits per heavy atom. The number of ether oxygens (including phenoxy) is 1. The number of aromatic nitrogens is 2. The van der Waals surface area contributed by atoms with Crippen LogP contribution in [0.1, 0.15) is 24.4 Å². The lowest BCUT2D eigenvalue weighted by Crippen LogP contribution is -2.18. The number of rotatable bonds is 6. The van der Waals surface area contributed by atoms with Crippen LogP contribution in [0.3, 0.4) is 0 Å². The van der Waals surface area contributed by atoms with E-state index in [1.807, 2.05) is 44.4 Å². The van der Waals surface area contributed by atoms with Crippen molar-refractivity contribution in [2.45, 2.75) is 19.4 Å². The molecule has 1 aromatic heterocycles. The van der Waals surface area contributed by atoms with Crippen LogP contribution in [0.5, 0.6) is 5.75 Å². The van der Waals surface area contributed by atoms with Crippen LogP contribution in [0.4, 0.5) is 0 Å². The van der Waals surface area contributed by atoms with Crippen LogP contribution in [0.25, 0.3) is 11.3 Å². The van der Waals surface area contributed by atoms with Gasteiger partial charge in [-0.1, -0.05) is 40.2 Å². The monoisotopic (exact) mass is 399 g/mol. The summed E-state index contributed by atoms with van der Waals surface area (Å²) < 4.78 is 8.61. The Labute approximate surface area is 156 Å². The van der Waals surface area contributed by atoms with E-state index in [0.29, 0.717) is 6.61 Å². The van der Waals surface area contributed by atoms with Gasteiger partial charge >= 0.3 is 0 Å². The molecule has 130 valence electrons. The van der Waals surface area contributed by atoms with Gasteiger partial charge in [-0.3, -0.25) is 0 Å². The maximum atomic E-state index is 6.42. The SMILES string of the molecule is CCOc1ccc(C[C@H](N)c2ncc(-c3ccc(Br)cc3)n2C)cc1. The molecule has 0 saturated heterocycles. The van der Waals surface area contributed by atoms with Gasteiger partial charge < -0.3 is 15.0 Å². The number of benzene rings is 2. The van der Waals surface area contributed by atoms with E-state index in [-0.39, 0.29) is 6.04 Å². The second-order valence-electron chi connectivity index (χ2n) is 5.96. The standard InChI is InChI=1S/C20H22BrN3O/c1-3-25-17-10-4-14(5-11-17)12-18(22)20-23-13-19(24(20)2)15-6-8-16(21)9-7-15/h4-11,13,18H,3,12,22H2,1-2H3/t18-/m0/s1. The van der Waals surface area contributed by atoms with Crippen LogP contribution in [0.15, 0.2) is 59.2 Å². The molecule has 1 atom stereocenters. The summed E-state index contributed by atoms with van der Waals surface area (Å²) in [4.78, 5) is 4.56. The highest BCUT2D eigenvalue weighted by atomic mass is 79.9. The molecule has 0 aliphatic heterocycles. The van der Waals surface area contributed by atoms with Crippen LogP contribution in [0, 0.1) is 0 Å². The molecular weight excluding hydrogens is 378 g/mol. The average molecular weight is 400 g/mol. The van der Waals surface area contributed by atoms with Gasteiger partial charge in [-0.05, 0) is 48.7 Å². The van der Waals surface area contributed by atoms with E-state index in [1.165, 1.54) is 5.56 Å². The maximum absolute atomic E-state index is 6.42. The number of nitrogens with two attached hydrogens (primary N) is 1. The Hall–Kier alpha value is -2.11. The number of imidazole rings is 1. The topological polar surface area (TPSA) is 53.1 Å². The van der Waals surface area contributed by atoms with Crippen molar-refractivity contribution in [3.63, 3.8) is 0 Å². The first kappa shape index (κ1) is 17.7. The minimum absolute atomic E-state index is 0.160. The van der Waals surface area contributed by atoms with E-state index in [1.54, 1.807) is 0 Å². The molecule has 3 rings (SSSR count). The molecule has 3 aromatic rings. The Balaban J connectivity index is 1.76. The van der Waals surface area contributed by atoms with Gasteiger partial charge in [0, 0.05) is 11.5 Å². The highest BCUT2D eigenvalue weighted by Crippen LogP contribution is 2.25. The van der Waals surface area contributed by atoms with E-state index in [2.05, 4.69) is 49.7 Å². The first-order chi connectivity index (χ1) is 12.1. The zero-order valence-electron chi connectivity index (χ0n) is 14.4. The first-order valence-electron chi connectivity index (χ1n) is 8.33. The normalized spacial score (nSPS) is 12.2. The van der Waals surface area contributed by atoms with Gasteiger partial charge in [0.1, 0.15) is 11.6 Å². The second kappa shape index (κ2) is 7.85. The van der Waals surface area contributed by atoms with Crippen LogP contribution in [0.2, 0.25) is 0 Å². The minimum Gasteiger partial charge on any atom is -0.494 e. The quantitative estimate of drug-likeness (QED) is 0.663. The van der Waals surface area contributed by atoms with Gasteiger partial charge in [0.15, 0.2) is 0 Å². The third-order valence-corrected chi connectivity index (χ3v) is 4.71. The lowest BCUT2D eigenvalue weighted by molar-refractivity contribution is 0.340. The molecule has 0 bridgehead atoms. The third kappa shape index (κ3) is 4.11. The summed E-state index contributed by atoms with van der Waals surface area (Å²) in [5.74, 6) is 1.76. The molecule has 2 N–H and O–H groups in total. The maximum Gasteiger partial charge on any atom is 0.126 e. The molecule has 0 amide bonds. The zero-order chi connectivity index (χ0) is 17.8. The Morgan fingerprint density at radius 2 is 1.80 bits per heavy atom. The van der Waals surface area contributed by atoms with Crippen molar-refractivity contribution in [3.8, 4) is 17.0 Å². The van der Waals surface area contributed by atoms with E-state index < -0.39 is 0 Å². The molecule has 25 heavy (non-hydrogen) atoms. The minimum atomic E-state index is -0.160. The molecule has 1 heterocycles. The molecule has 2 aromatic carbocycles. The van der Waals surface area contributed by atoms with Crippen molar-refractivity contribution in [1.82, 2.24) is 9.55 Å². The summed E-state index contributed by atoms with van der Waals surface area (Å²) in [7, 11) is 2.01. The molecule has 0 radical (unpaired) electrons. The average Bonchev–Trinajstić information content (AvgIpc) is 2.99. The molecule has 4 nitrogen and oxygen atoms in total. The summed E-state index contributed by atoms with van der Waals surface area (Å²) >= 11 is 3.47. The predicted molar refractivity (Wildman–Crippen MR) is 105 cm³/mol. The summed E-state index contributed by atoms with van der Waals surface area (Å²) in [5.41, 5.74) is 9.77. The van der Waals surface area contributed by atoms with Gasteiger partial charge in [-0.25, -0.2) is 4.98 Å². The van der Waals surface area contributed by atoms with Gasteiger partial charge in [-0.15, -0.1) is 0 Å². The van der Waals surface area contributed by atoms with Crippen molar-refractivity contribution >= 4 is 15.9 Å². The highest BCUT2D eigenvalue weighted by molar-refractivity contribution is 9.10. The number of halogens is 1. The van der Waals surface area contributed by atoms with Crippen molar-refractivity contribution in [1.29, 1.82) is 0 Å². The fraction of sp³-hybridized carbons (Fsp3) is 0.250. The Morgan fingerprint density at radius 1 is 1.12 bits per heavy atom. The summed E-state index contributed by atoms with van der Waals surface area (Å²) in [5, 5.41) is 0. The van der Waals surface area contributed by atoms with Crippen molar-refractivity contribution in [2.75, 3.05) is 6.61 Å². The highest BCUT2D eigenvalue weighted by Gasteiger charge is 2.15. The van der Waals surface area contributed by atoms with E-state index in [9.17, 15) is 0 Å². The van der Waals surface area contributed by atoms with Crippen molar-refractivity contribution < 1.29 is 4.74 Å². The van der Waals surface area contributed by atoms with Crippen LogP contribution in [-0.2, 0) is 13.5 Å². The molecule has 0 spiro atoms. The summed E-state index contributed by atoms with van der Waals surface area (Å²) in [6.07, 6.45) is 2.62. The lowest BCUT2D eigenvalue weighted by atomic mass is 10.1. The lowest BCUT2D eigenvalue weighted by Gasteiger charge is -2.13. The van der Waals surface area contributed by atoms with E-state index in [0.717, 1.165) is 33.7 Å². The van der Waals surface area contributed by atoms with Crippen LogP contribution < -0.4 is 10.5 Å². The summed E-state index contributed by atoms with van der Waals surface area (Å²) in [6, 6.07) is 16.1. The molecule has 0 aliphatic carbocycles. The predicted octanol–water partition coefficient (Wildman–Crippen LogP) is 4.49. The number of hydrogen-bond donors (Lipinski definition) is 1. The smallest absolute Gasteiger partial charge is 0.126 e. The fourth-order valence-electron chi connectivity index (χ4n) is 2.89. The number of hydrogen-bond acceptors (Lipinski definition) is 3. The molecule has 0 aliphatic rings. The molecule has 0 saturated carbocycles. The Kier molecular flexibility index (Phi) is 5.56.